The van der Waals surface area contributed by atoms with Crippen LogP contribution in [-0.2, 0) is 10.0 Å². The van der Waals surface area contributed by atoms with Gasteiger partial charge in [-0.15, -0.1) is 0 Å². The summed E-state index contributed by atoms with van der Waals surface area (Å²) in [6, 6.07) is 4.10. The Morgan fingerprint density at radius 2 is 1.90 bits per heavy atom. The molecule has 0 saturated carbocycles. The predicted octanol–water partition coefficient (Wildman–Crippen LogP) is 2.65. The molecule has 1 rings (SSSR count). The molecule has 6 heteroatoms. The van der Waals surface area contributed by atoms with Crippen LogP contribution in [0.5, 0.6) is 0 Å². The Bertz CT molecular complexity index is 633. The number of nitrogens with one attached hydrogen (secondary N) is 1. The zero-order chi connectivity index (χ0) is 16.4. The summed E-state index contributed by atoms with van der Waals surface area (Å²) in [6.07, 6.45) is 0. The molecule has 118 valence electrons. The van der Waals surface area contributed by atoms with E-state index in [1.54, 1.807) is 6.92 Å². The summed E-state index contributed by atoms with van der Waals surface area (Å²) in [6.45, 7) is 9.98. The topological polar surface area (TPSA) is 83.5 Å². The van der Waals surface area contributed by atoms with Gasteiger partial charge in [-0.05, 0) is 36.0 Å². The van der Waals surface area contributed by atoms with Crippen molar-refractivity contribution in [1.82, 2.24) is 4.72 Å². The Kier molecular flexibility index (Phi) is 5.17. The van der Waals surface area contributed by atoms with E-state index in [4.69, 9.17) is 5.11 Å². The maximum absolute atomic E-state index is 12.4. The standard InChI is InChI=1S/C15H23NO4S/c1-10(2)15(4,5)9-16-21(19,20)13-8-12(14(17)18)7-6-11(13)3/h6-8,10,16H,9H2,1-5H3,(H,17,18). The number of aryl methyl sites for hydroxylation is 1. The molecule has 1 aromatic carbocycles. The van der Waals surface area contributed by atoms with Crippen molar-refractivity contribution < 1.29 is 18.3 Å². The Morgan fingerprint density at radius 1 is 1.33 bits per heavy atom. The highest BCUT2D eigenvalue weighted by molar-refractivity contribution is 7.89. The largest absolute Gasteiger partial charge is 0.478 e. The van der Waals surface area contributed by atoms with Gasteiger partial charge in [0.25, 0.3) is 0 Å². The van der Waals surface area contributed by atoms with Gasteiger partial charge in [-0.1, -0.05) is 33.8 Å². The molecular formula is C15H23NO4S. The van der Waals surface area contributed by atoms with E-state index in [-0.39, 0.29) is 15.9 Å². The number of carbonyl (C=O) groups is 1. The van der Waals surface area contributed by atoms with Gasteiger partial charge in [0, 0.05) is 6.54 Å². The van der Waals surface area contributed by atoms with Crippen molar-refractivity contribution in [1.29, 1.82) is 0 Å². The lowest BCUT2D eigenvalue weighted by molar-refractivity contribution is 0.0696. The van der Waals surface area contributed by atoms with Gasteiger partial charge >= 0.3 is 5.97 Å². The van der Waals surface area contributed by atoms with E-state index in [1.165, 1.54) is 18.2 Å². The normalized spacial score (nSPS) is 12.7. The van der Waals surface area contributed by atoms with Crippen molar-refractivity contribution in [3.63, 3.8) is 0 Å². The summed E-state index contributed by atoms with van der Waals surface area (Å²) in [7, 11) is -3.73. The minimum absolute atomic E-state index is 0.0157. The van der Waals surface area contributed by atoms with Crippen molar-refractivity contribution in [2.24, 2.45) is 11.3 Å². The molecule has 0 radical (unpaired) electrons. The summed E-state index contributed by atoms with van der Waals surface area (Å²) in [5.41, 5.74) is 0.296. The summed E-state index contributed by atoms with van der Waals surface area (Å²) in [5.74, 6) is -0.833. The highest BCUT2D eigenvalue weighted by Crippen LogP contribution is 2.26. The van der Waals surface area contributed by atoms with Gasteiger partial charge in [0.15, 0.2) is 0 Å². The number of hydrogen-bond acceptors (Lipinski definition) is 3. The minimum Gasteiger partial charge on any atom is -0.478 e. The number of sulfonamides is 1. The van der Waals surface area contributed by atoms with E-state index < -0.39 is 16.0 Å². The summed E-state index contributed by atoms with van der Waals surface area (Å²) in [4.78, 5) is 11.0. The van der Waals surface area contributed by atoms with Crippen LogP contribution in [0.15, 0.2) is 23.1 Å². The van der Waals surface area contributed by atoms with Gasteiger partial charge in [0.2, 0.25) is 10.0 Å². The van der Waals surface area contributed by atoms with E-state index in [0.29, 0.717) is 18.0 Å². The van der Waals surface area contributed by atoms with Gasteiger partial charge in [-0.25, -0.2) is 17.9 Å². The maximum atomic E-state index is 12.4. The third kappa shape index (κ3) is 4.28. The van der Waals surface area contributed by atoms with Crippen LogP contribution in [0.3, 0.4) is 0 Å². The Labute approximate surface area is 126 Å². The fourth-order valence-electron chi connectivity index (χ4n) is 1.59. The third-order valence-electron chi connectivity index (χ3n) is 4.01. The molecule has 0 amide bonds. The smallest absolute Gasteiger partial charge is 0.335 e. The number of benzene rings is 1. The molecule has 0 aliphatic carbocycles. The number of hydrogen-bond donors (Lipinski definition) is 2. The van der Waals surface area contributed by atoms with Crippen LogP contribution in [0, 0.1) is 18.3 Å². The van der Waals surface area contributed by atoms with Crippen LogP contribution < -0.4 is 4.72 Å². The molecular weight excluding hydrogens is 290 g/mol. The maximum Gasteiger partial charge on any atom is 0.335 e. The second-order valence-corrected chi connectivity index (χ2v) is 7.99. The van der Waals surface area contributed by atoms with Gasteiger partial charge in [0.05, 0.1) is 10.5 Å². The first kappa shape index (κ1) is 17.7. The first-order valence-corrected chi connectivity index (χ1v) is 8.29. The average Bonchev–Trinajstić information content (AvgIpc) is 2.36. The molecule has 21 heavy (non-hydrogen) atoms. The van der Waals surface area contributed by atoms with Crippen LogP contribution in [0.25, 0.3) is 0 Å². The number of carboxylic acid groups (broad SMARTS) is 1. The van der Waals surface area contributed by atoms with Crippen LogP contribution in [0.2, 0.25) is 0 Å². The average molecular weight is 313 g/mol. The van der Waals surface area contributed by atoms with E-state index in [2.05, 4.69) is 4.72 Å². The molecule has 0 bridgehead atoms. The lowest BCUT2D eigenvalue weighted by Crippen LogP contribution is -2.37. The van der Waals surface area contributed by atoms with Crippen molar-refractivity contribution in [2.45, 2.75) is 39.5 Å². The molecule has 0 heterocycles. The molecule has 1 aromatic rings. The minimum atomic E-state index is -3.73. The van der Waals surface area contributed by atoms with Crippen molar-refractivity contribution >= 4 is 16.0 Å². The van der Waals surface area contributed by atoms with Gasteiger partial charge in [-0.3, -0.25) is 0 Å². The fourth-order valence-corrected chi connectivity index (χ4v) is 3.08. The Balaban J connectivity index is 3.09. The monoisotopic (exact) mass is 313 g/mol. The first-order chi connectivity index (χ1) is 9.47. The zero-order valence-corrected chi connectivity index (χ0v) is 13.9. The zero-order valence-electron chi connectivity index (χ0n) is 13.1. The number of aromatic carboxylic acids is 1. The molecule has 0 fully saturated rings. The Hall–Kier alpha value is -1.40. The molecule has 5 nitrogen and oxygen atoms in total. The van der Waals surface area contributed by atoms with Gasteiger partial charge in [0.1, 0.15) is 0 Å². The molecule has 0 saturated heterocycles. The van der Waals surface area contributed by atoms with Crippen molar-refractivity contribution in [2.75, 3.05) is 6.54 Å². The fraction of sp³-hybridized carbons (Fsp3) is 0.533. The van der Waals surface area contributed by atoms with E-state index in [0.717, 1.165) is 0 Å². The van der Waals surface area contributed by atoms with Crippen LogP contribution in [-0.4, -0.2) is 26.0 Å². The SMILES string of the molecule is Cc1ccc(C(=O)O)cc1S(=O)(=O)NCC(C)(C)C(C)C. The van der Waals surface area contributed by atoms with Crippen molar-refractivity contribution in [3.05, 3.63) is 29.3 Å². The second kappa shape index (κ2) is 6.15. The van der Waals surface area contributed by atoms with Gasteiger partial charge in [-0.2, -0.15) is 0 Å². The number of carboxylic acids is 1. The molecule has 0 unspecified atom stereocenters. The van der Waals surface area contributed by atoms with Crippen LogP contribution >= 0.6 is 0 Å². The molecule has 0 atom stereocenters. The van der Waals surface area contributed by atoms with E-state index in [1.807, 2.05) is 27.7 Å². The molecule has 0 aliphatic heterocycles. The Morgan fingerprint density at radius 3 is 2.38 bits per heavy atom. The summed E-state index contributed by atoms with van der Waals surface area (Å²) < 4.78 is 27.4. The van der Waals surface area contributed by atoms with E-state index in [9.17, 15) is 13.2 Å². The van der Waals surface area contributed by atoms with Crippen LogP contribution in [0.1, 0.15) is 43.6 Å². The highest BCUT2D eigenvalue weighted by Gasteiger charge is 2.26. The lowest BCUT2D eigenvalue weighted by Gasteiger charge is -2.29. The highest BCUT2D eigenvalue weighted by atomic mass is 32.2. The predicted molar refractivity (Wildman–Crippen MR) is 81.9 cm³/mol. The first-order valence-electron chi connectivity index (χ1n) is 6.81. The second-order valence-electron chi connectivity index (χ2n) is 6.25. The third-order valence-corrected chi connectivity index (χ3v) is 5.55. The van der Waals surface area contributed by atoms with E-state index >= 15 is 0 Å². The molecule has 0 spiro atoms. The van der Waals surface area contributed by atoms with Gasteiger partial charge < -0.3 is 5.11 Å². The molecule has 2 N–H and O–H groups in total. The quantitative estimate of drug-likeness (QED) is 0.845. The molecule has 0 aliphatic rings. The van der Waals surface area contributed by atoms with Crippen LogP contribution in [0.4, 0.5) is 0 Å². The number of rotatable bonds is 6. The lowest BCUT2D eigenvalue weighted by atomic mass is 9.81. The summed E-state index contributed by atoms with van der Waals surface area (Å²) in [5, 5.41) is 8.98. The van der Waals surface area contributed by atoms with Crippen molar-refractivity contribution in [3.8, 4) is 0 Å². The molecule has 0 aromatic heterocycles. The summed E-state index contributed by atoms with van der Waals surface area (Å²) >= 11 is 0.